The molecule has 2 N–H and O–H groups in total. The fourth-order valence-electron chi connectivity index (χ4n) is 1.63. The van der Waals surface area contributed by atoms with E-state index >= 15 is 0 Å². The van der Waals surface area contributed by atoms with E-state index in [1.54, 1.807) is 6.92 Å². The third-order valence-corrected chi connectivity index (χ3v) is 2.50. The van der Waals surface area contributed by atoms with E-state index in [4.69, 9.17) is 19.9 Å². The van der Waals surface area contributed by atoms with Crippen molar-refractivity contribution in [3.8, 4) is 5.75 Å². The second-order valence-corrected chi connectivity index (χ2v) is 4.66. The summed E-state index contributed by atoms with van der Waals surface area (Å²) in [5.74, 6) is 0.434. The van der Waals surface area contributed by atoms with Gasteiger partial charge in [0.2, 0.25) is 0 Å². The molecule has 20 heavy (non-hydrogen) atoms. The van der Waals surface area contributed by atoms with Crippen LogP contribution in [0.3, 0.4) is 0 Å². The number of esters is 1. The van der Waals surface area contributed by atoms with Gasteiger partial charge in [-0.25, -0.2) is 4.79 Å². The predicted octanol–water partition coefficient (Wildman–Crippen LogP) is 2.05. The molecule has 0 fully saturated rings. The van der Waals surface area contributed by atoms with Crippen molar-refractivity contribution in [1.29, 1.82) is 0 Å². The first kappa shape index (κ1) is 16.5. The molecule has 0 heterocycles. The minimum atomic E-state index is -0.375. The van der Waals surface area contributed by atoms with Crippen LogP contribution in [-0.4, -0.2) is 31.9 Å². The fraction of sp³-hybridized carbons (Fsp3) is 0.533. The molecule has 1 rings (SSSR count). The Bertz CT molecular complexity index is 403. The van der Waals surface area contributed by atoms with Crippen molar-refractivity contribution in [1.82, 2.24) is 0 Å². The molecule has 0 aliphatic rings. The van der Waals surface area contributed by atoms with Gasteiger partial charge in [0.15, 0.2) is 0 Å². The summed E-state index contributed by atoms with van der Waals surface area (Å²) in [6.07, 6.45) is 0.141. The first-order chi connectivity index (χ1) is 9.52. The molecule has 0 amide bonds. The fourth-order valence-corrected chi connectivity index (χ4v) is 1.63. The van der Waals surface area contributed by atoms with Gasteiger partial charge in [0, 0.05) is 0 Å². The Morgan fingerprint density at radius 2 is 1.90 bits per heavy atom. The lowest BCUT2D eigenvalue weighted by Gasteiger charge is -2.14. The van der Waals surface area contributed by atoms with E-state index in [1.807, 2.05) is 38.1 Å². The summed E-state index contributed by atoms with van der Waals surface area (Å²) < 4.78 is 15.5. The number of carbonyl (C=O) groups excluding carboxylic acids is 1. The predicted molar refractivity (Wildman–Crippen MR) is 76.6 cm³/mol. The van der Waals surface area contributed by atoms with Crippen LogP contribution in [0.2, 0.25) is 0 Å². The third-order valence-electron chi connectivity index (χ3n) is 2.50. The average Bonchev–Trinajstić information content (AvgIpc) is 2.39. The molecule has 0 aromatic heterocycles. The number of nitrogens with two attached hydrogens (primary N) is 1. The zero-order valence-electron chi connectivity index (χ0n) is 12.3. The van der Waals surface area contributed by atoms with E-state index in [2.05, 4.69) is 0 Å². The highest BCUT2D eigenvalue weighted by molar-refractivity contribution is 5.70. The molecule has 0 aliphatic heterocycles. The number of hydrogen-bond donors (Lipinski definition) is 1. The van der Waals surface area contributed by atoms with Crippen molar-refractivity contribution < 1.29 is 19.0 Å². The van der Waals surface area contributed by atoms with E-state index in [1.165, 1.54) is 0 Å². The van der Waals surface area contributed by atoms with E-state index < -0.39 is 0 Å². The lowest BCUT2D eigenvalue weighted by molar-refractivity contribution is -0.148. The summed E-state index contributed by atoms with van der Waals surface area (Å²) in [4.78, 5) is 11.1. The van der Waals surface area contributed by atoms with Crippen LogP contribution < -0.4 is 10.5 Å². The third kappa shape index (κ3) is 6.04. The summed E-state index contributed by atoms with van der Waals surface area (Å²) in [6, 6.07) is 7.27. The lowest BCUT2D eigenvalue weighted by Crippen LogP contribution is -2.20. The maximum Gasteiger partial charge on any atom is 0.332 e. The van der Waals surface area contributed by atoms with Crippen molar-refractivity contribution in [2.45, 2.75) is 32.9 Å². The molecule has 0 radical (unpaired) electrons. The van der Waals surface area contributed by atoms with Crippen molar-refractivity contribution >= 4 is 5.97 Å². The SMILES string of the molecule is CCOC(=O)COCC(N)c1ccc(OC(C)C)cc1. The molecule has 0 aliphatic carbocycles. The molecule has 5 nitrogen and oxygen atoms in total. The Morgan fingerprint density at radius 3 is 2.45 bits per heavy atom. The van der Waals surface area contributed by atoms with Gasteiger partial charge in [-0.2, -0.15) is 0 Å². The molecular weight excluding hydrogens is 258 g/mol. The quantitative estimate of drug-likeness (QED) is 0.738. The highest BCUT2D eigenvalue weighted by atomic mass is 16.6. The number of benzene rings is 1. The molecule has 1 unspecified atom stereocenters. The summed E-state index contributed by atoms with van der Waals surface area (Å²) in [6.45, 7) is 6.25. The van der Waals surface area contributed by atoms with Gasteiger partial charge in [-0.15, -0.1) is 0 Å². The van der Waals surface area contributed by atoms with Crippen molar-refractivity contribution in [2.24, 2.45) is 5.73 Å². The first-order valence-corrected chi connectivity index (χ1v) is 6.78. The zero-order valence-corrected chi connectivity index (χ0v) is 12.3. The second-order valence-electron chi connectivity index (χ2n) is 4.66. The molecule has 0 saturated heterocycles. The van der Waals surface area contributed by atoms with Gasteiger partial charge in [-0.3, -0.25) is 0 Å². The summed E-state index contributed by atoms with van der Waals surface area (Å²) in [5.41, 5.74) is 6.92. The van der Waals surface area contributed by atoms with Crippen molar-refractivity contribution in [3.63, 3.8) is 0 Å². The van der Waals surface area contributed by atoms with Gasteiger partial charge in [-0.05, 0) is 38.5 Å². The zero-order chi connectivity index (χ0) is 15.0. The van der Waals surface area contributed by atoms with Crippen LogP contribution >= 0.6 is 0 Å². The maximum atomic E-state index is 11.1. The Kier molecular flexibility index (Phi) is 7.04. The minimum Gasteiger partial charge on any atom is -0.491 e. The van der Waals surface area contributed by atoms with E-state index in [0.29, 0.717) is 6.61 Å². The number of rotatable bonds is 8. The number of carbonyl (C=O) groups is 1. The second kappa shape index (κ2) is 8.55. The molecular formula is C15H23NO4. The van der Waals surface area contributed by atoms with E-state index in [0.717, 1.165) is 11.3 Å². The molecule has 0 bridgehead atoms. The molecule has 1 aromatic rings. The van der Waals surface area contributed by atoms with E-state index in [9.17, 15) is 4.79 Å². The van der Waals surface area contributed by atoms with Crippen molar-refractivity contribution in [2.75, 3.05) is 19.8 Å². The van der Waals surface area contributed by atoms with Crippen LogP contribution in [0.15, 0.2) is 24.3 Å². The van der Waals surface area contributed by atoms with Gasteiger partial charge in [0.05, 0.1) is 25.4 Å². The molecule has 1 atom stereocenters. The maximum absolute atomic E-state index is 11.1. The van der Waals surface area contributed by atoms with Crippen LogP contribution in [0.25, 0.3) is 0 Å². The lowest BCUT2D eigenvalue weighted by atomic mass is 10.1. The Labute approximate surface area is 120 Å². The Morgan fingerprint density at radius 1 is 1.25 bits per heavy atom. The molecule has 1 aromatic carbocycles. The Balaban J connectivity index is 2.39. The minimum absolute atomic E-state index is 0.0733. The molecule has 5 heteroatoms. The van der Waals surface area contributed by atoms with Crippen LogP contribution in [0.1, 0.15) is 32.4 Å². The van der Waals surface area contributed by atoms with Crippen LogP contribution in [0, 0.1) is 0 Å². The number of ether oxygens (including phenoxy) is 3. The standard InChI is InChI=1S/C15H23NO4/c1-4-19-15(17)10-18-9-14(16)12-5-7-13(8-6-12)20-11(2)3/h5-8,11,14H,4,9-10,16H2,1-3H3. The molecule has 0 spiro atoms. The highest BCUT2D eigenvalue weighted by Crippen LogP contribution is 2.17. The average molecular weight is 281 g/mol. The van der Waals surface area contributed by atoms with Crippen LogP contribution in [0.4, 0.5) is 0 Å². The van der Waals surface area contributed by atoms with Crippen LogP contribution in [0.5, 0.6) is 5.75 Å². The highest BCUT2D eigenvalue weighted by Gasteiger charge is 2.09. The van der Waals surface area contributed by atoms with E-state index in [-0.39, 0.29) is 31.3 Å². The summed E-state index contributed by atoms with van der Waals surface area (Å²) in [7, 11) is 0. The first-order valence-electron chi connectivity index (χ1n) is 6.78. The van der Waals surface area contributed by atoms with Gasteiger partial charge in [-0.1, -0.05) is 12.1 Å². The van der Waals surface area contributed by atoms with Gasteiger partial charge in [0.1, 0.15) is 12.4 Å². The van der Waals surface area contributed by atoms with Gasteiger partial charge in [0.25, 0.3) is 0 Å². The normalized spacial score (nSPS) is 12.2. The topological polar surface area (TPSA) is 70.8 Å². The molecule has 112 valence electrons. The van der Waals surface area contributed by atoms with Crippen LogP contribution in [-0.2, 0) is 14.3 Å². The van der Waals surface area contributed by atoms with Crippen molar-refractivity contribution in [3.05, 3.63) is 29.8 Å². The van der Waals surface area contributed by atoms with Gasteiger partial charge >= 0.3 is 5.97 Å². The number of hydrogen-bond acceptors (Lipinski definition) is 5. The Hall–Kier alpha value is -1.59. The molecule has 0 saturated carbocycles. The largest absolute Gasteiger partial charge is 0.491 e. The van der Waals surface area contributed by atoms with Gasteiger partial charge < -0.3 is 19.9 Å². The smallest absolute Gasteiger partial charge is 0.332 e. The monoisotopic (exact) mass is 281 g/mol. The summed E-state index contributed by atoms with van der Waals surface area (Å²) in [5, 5.41) is 0. The summed E-state index contributed by atoms with van der Waals surface area (Å²) >= 11 is 0.